The summed E-state index contributed by atoms with van der Waals surface area (Å²) in [5.74, 6) is 0.499. The lowest BCUT2D eigenvalue weighted by Crippen LogP contribution is -2.51. The highest BCUT2D eigenvalue weighted by Gasteiger charge is 2.36. The van der Waals surface area contributed by atoms with E-state index < -0.39 is 0 Å². The van der Waals surface area contributed by atoms with Crippen molar-refractivity contribution >= 4 is 11.8 Å². The van der Waals surface area contributed by atoms with Crippen LogP contribution in [0.1, 0.15) is 52.4 Å². The van der Waals surface area contributed by atoms with Gasteiger partial charge in [-0.3, -0.25) is 9.59 Å². The third kappa shape index (κ3) is 2.85. The first-order chi connectivity index (χ1) is 8.59. The van der Waals surface area contributed by atoms with Gasteiger partial charge in [-0.2, -0.15) is 0 Å². The fourth-order valence-electron chi connectivity index (χ4n) is 3.12. The molecule has 0 aromatic rings. The van der Waals surface area contributed by atoms with Gasteiger partial charge in [0.15, 0.2) is 0 Å². The molecule has 4 heteroatoms. The molecule has 2 aliphatic rings. The zero-order valence-electron chi connectivity index (χ0n) is 11.4. The molecule has 0 radical (unpaired) electrons. The second kappa shape index (κ2) is 5.72. The smallest absolute Gasteiger partial charge is 0.245 e. The molecule has 2 fully saturated rings. The molecule has 4 nitrogen and oxygen atoms in total. The van der Waals surface area contributed by atoms with Gasteiger partial charge in [0.1, 0.15) is 6.04 Å². The van der Waals surface area contributed by atoms with E-state index in [9.17, 15) is 9.59 Å². The van der Waals surface area contributed by atoms with Crippen molar-refractivity contribution in [2.75, 3.05) is 6.54 Å². The maximum atomic E-state index is 12.5. The van der Waals surface area contributed by atoms with Crippen LogP contribution in [0.3, 0.4) is 0 Å². The molecule has 1 aliphatic heterocycles. The molecule has 1 atom stereocenters. The highest BCUT2D eigenvalue weighted by molar-refractivity contribution is 5.90. The van der Waals surface area contributed by atoms with Crippen LogP contribution in [-0.4, -0.2) is 35.3 Å². The van der Waals surface area contributed by atoms with Crippen molar-refractivity contribution in [3.05, 3.63) is 0 Å². The Morgan fingerprint density at radius 3 is 2.44 bits per heavy atom. The predicted octanol–water partition coefficient (Wildman–Crippen LogP) is 1.69. The summed E-state index contributed by atoms with van der Waals surface area (Å²) in [7, 11) is 0. The van der Waals surface area contributed by atoms with Crippen molar-refractivity contribution in [1.82, 2.24) is 10.2 Å². The Kier molecular flexibility index (Phi) is 4.25. The van der Waals surface area contributed by atoms with Crippen LogP contribution in [0.4, 0.5) is 0 Å². The summed E-state index contributed by atoms with van der Waals surface area (Å²) in [6.45, 7) is 4.60. The number of hydrogen-bond donors (Lipinski definition) is 1. The molecule has 1 aliphatic carbocycles. The van der Waals surface area contributed by atoms with Crippen LogP contribution >= 0.6 is 0 Å². The van der Waals surface area contributed by atoms with E-state index in [1.54, 1.807) is 0 Å². The SMILES string of the molecule is CC(C)N1CCC(=O)NC(C2CCCCC2)C1=O. The normalized spacial score (nSPS) is 27.3. The molecule has 0 bridgehead atoms. The van der Waals surface area contributed by atoms with Crippen LogP contribution in [0, 0.1) is 5.92 Å². The van der Waals surface area contributed by atoms with Crippen LogP contribution in [-0.2, 0) is 9.59 Å². The summed E-state index contributed by atoms with van der Waals surface area (Å²) in [6, 6.07) is -0.0982. The molecule has 1 saturated carbocycles. The van der Waals surface area contributed by atoms with E-state index in [2.05, 4.69) is 5.32 Å². The minimum Gasteiger partial charge on any atom is -0.344 e. The Balaban J connectivity index is 2.13. The van der Waals surface area contributed by atoms with Crippen molar-refractivity contribution in [3.8, 4) is 0 Å². The maximum absolute atomic E-state index is 12.5. The Hall–Kier alpha value is -1.06. The van der Waals surface area contributed by atoms with Gasteiger partial charge in [-0.1, -0.05) is 19.3 Å². The van der Waals surface area contributed by atoms with Crippen molar-refractivity contribution in [3.63, 3.8) is 0 Å². The van der Waals surface area contributed by atoms with Gasteiger partial charge in [-0.25, -0.2) is 0 Å². The van der Waals surface area contributed by atoms with Crippen LogP contribution in [0.25, 0.3) is 0 Å². The molecule has 1 unspecified atom stereocenters. The highest BCUT2D eigenvalue weighted by Crippen LogP contribution is 2.28. The molecule has 2 amide bonds. The van der Waals surface area contributed by atoms with E-state index in [0.717, 1.165) is 12.8 Å². The average molecular weight is 252 g/mol. The lowest BCUT2D eigenvalue weighted by atomic mass is 9.83. The number of rotatable bonds is 2. The monoisotopic (exact) mass is 252 g/mol. The topological polar surface area (TPSA) is 49.4 Å². The van der Waals surface area contributed by atoms with Crippen molar-refractivity contribution in [1.29, 1.82) is 0 Å². The quantitative estimate of drug-likeness (QED) is 0.813. The second-order valence-corrected chi connectivity index (χ2v) is 5.82. The molecular weight excluding hydrogens is 228 g/mol. The first-order valence-electron chi connectivity index (χ1n) is 7.19. The molecule has 1 N–H and O–H groups in total. The Bertz CT molecular complexity index is 322. The number of hydrogen-bond acceptors (Lipinski definition) is 2. The third-order valence-corrected chi connectivity index (χ3v) is 4.19. The van der Waals surface area contributed by atoms with Gasteiger partial charge in [0.25, 0.3) is 0 Å². The third-order valence-electron chi connectivity index (χ3n) is 4.19. The largest absolute Gasteiger partial charge is 0.344 e. The number of carbonyl (C=O) groups is 2. The molecule has 0 aromatic carbocycles. The lowest BCUT2D eigenvalue weighted by molar-refractivity contribution is -0.136. The van der Waals surface area contributed by atoms with E-state index in [-0.39, 0.29) is 23.9 Å². The minimum absolute atomic E-state index is 0.0297. The van der Waals surface area contributed by atoms with Crippen molar-refractivity contribution in [2.24, 2.45) is 5.92 Å². The number of nitrogens with one attached hydrogen (secondary N) is 1. The number of nitrogens with zero attached hydrogens (tertiary/aromatic N) is 1. The first kappa shape index (κ1) is 13.4. The van der Waals surface area contributed by atoms with E-state index in [4.69, 9.17) is 0 Å². The summed E-state index contributed by atoms with van der Waals surface area (Å²) in [6.07, 6.45) is 6.22. The molecular formula is C14H24N2O2. The first-order valence-corrected chi connectivity index (χ1v) is 7.19. The molecule has 0 spiro atoms. The second-order valence-electron chi connectivity index (χ2n) is 5.82. The summed E-state index contributed by atoms with van der Waals surface area (Å²) in [4.78, 5) is 26.2. The van der Waals surface area contributed by atoms with E-state index in [1.165, 1.54) is 19.3 Å². The summed E-state index contributed by atoms with van der Waals surface area (Å²) >= 11 is 0. The van der Waals surface area contributed by atoms with Gasteiger partial charge in [-0.15, -0.1) is 0 Å². The van der Waals surface area contributed by atoms with Gasteiger partial charge in [0.2, 0.25) is 11.8 Å². The lowest BCUT2D eigenvalue weighted by Gasteiger charge is -2.33. The van der Waals surface area contributed by atoms with Gasteiger partial charge >= 0.3 is 0 Å². The van der Waals surface area contributed by atoms with Crippen LogP contribution in [0.15, 0.2) is 0 Å². The zero-order chi connectivity index (χ0) is 13.1. The van der Waals surface area contributed by atoms with Crippen molar-refractivity contribution < 1.29 is 9.59 Å². The fraction of sp³-hybridized carbons (Fsp3) is 0.857. The highest BCUT2D eigenvalue weighted by atomic mass is 16.2. The Labute approximate surface area is 109 Å². The average Bonchev–Trinajstić information content (AvgIpc) is 2.50. The number of carbonyl (C=O) groups excluding carboxylic acids is 2. The van der Waals surface area contributed by atoms with Gasteiger partial charge in [-0.05, 0) is 32.6 Å². The van der Waals surface area contributed by atoms with Crippen LogP contribution < -0.4 is 5.32 Å². The molecule has 102 valence electrons. The predicted molar refractivity (Wildman–Crippen MR) is 70.0 cm³/mol. The molecule has 1 saturated heterocycles. The molecule has 1 heterocycles. The summed E-state index contributed by atoms with van der Waals surface area (Å²) in [5, 5.41) is 2.95. The molecule has 2 rings (SSSR count). The van der Waals surface area contributed by atoms with Crippen LogP contribution in [0.2, 0.25) is 0 Å². The molecule has 18 heavy (non-hydrogen) atoms. The van der Waals surface area contributed by atoms with Gasteiger partial charge in [0.05, 0.1) is 0 Å². The van der Waals surface area contributed by atoms with E-state index in [0.29, 0.717) is 18.9 Å². The minimum atomic E-state index is -0.275. The van der Waals surface area contributed by atoms with Crippen molar-refractivity contribution in [2.45, 2.75) is 64.5 Å². The Morgan fingerprint density at radius 1 is 1.17 bits per heavy atom. The zero-order valence-corrected chi connectivity index (χ0v) is 11.4. The maximum Gasteiger partial charge on any atom is 0.245 e. The molecule has 0 aromatic heterocycles. The fourth-order valence-corrected chi connectivity index (χ4v) is 3.12. The van der Waals surface area contributed by atoms with E-state index >= 15 is 0 Å². The summed E-state index contributed by atoms with van der Waals surface area (Å²) < 4.78 is 0. The van der Waals surface area contributed by atoms with Gasteiger partial charge in [0, 0.05) is 19.0 Å². The number of amides is 2. The Morgan fingerprint density at radius 2 is 1.83 bits per heavy atom. The van der Waals surface area contributed by atoms with Gasteiger partial charge < -0.3 is 10.2 Å². The van der Waals surface area contributed by atoms with Crippen LogP contribution in [0.5, 0.6) is 0 Å². The summed E-state index contributed by atoms with van der Waals surface area (Å²) in [5.41, 5.74) is 0. The standard InChI is InChI=1S/C14H24N2O2/c1-10(2)16-9-8-12(17)15-13(14(16)18)11-6-4-3-5-7-11/h10-11,13H,3-9H2,1-2H3,(H,15,17). The van der Waals surface area contributed by atoms with E-state index in [1.807, 2.05) is 18.7 Å².